The smallest absolute Gasteiger partial charge is 0.215 e. The van der Waals surface area contributed by atoms with Gasteiger partial charge in [-0.2, -0.15) is 0 Å². The first-order valence-corrected chi connectivity index (χ1v) is 9.45. The number of sulfonamides is 1. The van der Waals surface area contributed by atoms with Gasteiger partial charge in [-0.05, 0) is 52.7 Å². The van der Waals surface area contributed by atoms with E-state index in [9.17, 15) is 8.42 Å². The second kappa shape index (κ2) is 8.97. The largest absolute Gasteiger partial charge is 0.315 e. The van der Waals surface area contributed by atoms with E-state index in [0.717, 1.165) is 26.1 Å². The first-order chi connectivity index (χ1) is 9.47. The van der Waals surface area contributed by atoms with Crippen LogP contribution in [0.3, 0.4) is 0 Å². The molecule has 0 radical (unpaired) electrons. The third kappa shape index (κ3) is 6.08. The lowest BCUT2D eigenvalue weighted by atomic mass is 10.1. The van der Waals surface area contributed by atoms with Crippen molar-refractivity contribution < 1.29 is 8.42 Å². The second-order valence-electron chi connectivity index (χ2n) is 5.85. The Balaban J connectivity index is 2.33. The Morgan fingerprint density at radius 1 is 1.10 bits per heavy atom. The average Bonchev–Trinajstić information content (AvgIpc) is 2.46. The second-order valence-corrected chi connectivity index (χ2v) is 8.04. The van der Waals surface area contributed by atoms with E-state index in [1.807, 2.05) is 0 Å². The number of piperidine rings is 1. The van der Waals surface area contributed by atoms with Gasteiger partial charge < -0.3 is 5.32 Å². The lowest BCUT2D eigenvalue weighted by Crippen LogP contribution is -2.47. The molecule has 6 heteroatoms. The SMILES string of the molecule is CCCNCC(C)S(=O)(=O)NCC(C)N1CCCCC1. The van der Waals surface area contributed by atoms with Crippen molar-refractivity contribution in [3.05, 3.63) is 0 Å². The molecule has 0 aromatic heterocycles. The highest BCUT2D eigenvalue weighted by molar-refractivity contribution is 7.90. The van der Waals surface area contributed by atoms with Gasteiger partial charge in [0.15, 0.2) is 0 Å². The molecule has 20 heavy (non-hydrogen) atoms. The van der Waals surface area contributed by atoms with E-state index in [-0.39, 0.29) is 11.3 Å². The van der Waals surface area contributed by atoms with E-state index in [2.05, 4.69) is 28.8 Å². The van der Waals surface area contributed by atoms with Crippen LogP contribution in [0.5, 0.6) is 0 Å². The number of hydrogen-bond acceptors (Lipinski definition) is 4. The first kappa shape index (κ1) is 17.9. The number of nitrogens with one attached hydrogen (secondary N) is 2. The van der Waals surface area contributed by atoms with Crippen LogP contribution in [-0.2, 0) is 10.0 Å². The van der Waals surface area contributed by atoms with Gasteiger partial charge in [0.2, 0.25) is 10.0 Å². The summed E-state index contributed by atoms with van der Waals surface area (Å²) < 4.78 is 27.1. The molecular weight excluding hydrogens is 274 g/mol. The molecule has 5 nitrogen and oxygen atoms in total. The van der Waals surface area contributed by atoms with E-state index >= 15 is 0 Å². The molecule has 1 aliphatic heterocycles. The summed E-state index contributed by atoms with van der Waals surface area (Å²) in [4.78, 5) is 2.38. The Morgan fingerprint density at radius 2 is 1.75 bits per heavy atom. The Labute approximate surface area is 124 Å². The first-order valence-electron chi connectivity index (χ1n) is 7.90. The minimum Gasteiger partial charge on any atom is -0.315 e. The summed E-state index contributed by atoms with van der Waals surface area (Å²) in [6, 6.07) is 0.279. The van der Waals surface area contributed by atoms with Gasteiger partial charge in [-0.3, -0.25) is 4.90 Å². The zero-order valence-corrected chi connectivity index (χ0v) is 14.0. The van der Waals surface area contributed by atoms with Crippen molar-refractivity contribution in [3.8, 4) is 0 Å². The van der Waals surface area contributed by atoms with Crippen molar-refractivity contribution in [1.82, 2.24) is 14.9 Å². The summed E-state index contributed by atoms with van der Waals surface area (Å²) in [6.07, 6.45) is 4.78. The van der Waals surface area contributed by atoms with Gasteiger partial charge in [0.25, 0.3) is 0 Å². The maximum Gasteiger partial charge on any atom is 0.215 e. The van der Waals surface area contributed by atoms with Crippen LogP contribution >= 0.6 is 0 Å². The van der Waals surface area contributed by atoms with Crippen LogP contribution in [0, 0.1) is 0 Å². The Hall–Kier alpha value is -0.170. The minimum atomic E-state index is -3.21. The molecule has 0 aliphatic carbocycles. The Morgan fingerprint density at radius 3 is 2.35 bits per heavy atom. The van der Waals surface area contributed by atoms with Crippen LogP contribution < -0.4 is 10.0 Å². The summed E-state index contributed by atoms with van der Waals surface area (Å²) in [6.45, 7) is 10.0. The zero-order chi connectivity index (χ0) is 15.0. The van der Waals surface area contributed by atoms with Crippen molar-refractivity contribution in [1.29, 1.82) is 0 Å². The van der Waals surface area contributed by atoms with E-state index in [0.29, 0.717) is 13.1 Å². The van der Waals surface area contributed by atoms with Crippen molar-refractivity contribution in [3.63, 3.8) is 0 Å². The normalized spacial score (nSPS) is 20.8. The third-order valence-corrected chi connectivity index (χ3v) is 5.78. The number of likely N-dealkylation sites (tertiary alicyclic amines) is 1. The van der Waals surface area contributed by atoms with Crippen LogP contribution in [0.1, 0.15) is 46.5 Å². The lowest BCUT2D eigenvalue weighted by molar-refractivity contribution is 0.175. The fraction of sp³-hybridized carbons (Fsp3) is 1.00. The molecule has 0 aromatic carbocycles. The van der Waals surface area contributed by atoms with Gasteiger partial charge in [-0.25, -0.2) is 13.1 Å². The minimum absolute atomic E-state index is 0.279. The molecule has 1 aliphatic rings. The van der Waals surface area contributed by atoms with Crippen molar-refractivity contribution in [2.45, 2.75) is 57.7 Å². The average molecular weight is 305 g/mol. The molecule has 0 bridgehead atoms. The molecule has 2 atom stereocenters. The van der Waals surface area contributed by atoms with Gasteiger partial charge in [0.05, 0.1) is 5.25 Å². The molecule has 0 aromatic rings. The van der Waals surface area contributed by atoms with Crippen LogP contribution in [0.15, 0.2) is 0 Å². The molecule has 0 spiro atoms. The number of hydrogen-bond donors (Lipinski definition) is 2. The molecule has 1 rings (SSSR count). The highest BCUT2D eigenvalue weighted by Crippen LogP contribution is 2.11. The monoisotopic (exact) mass is 305 g/mol. The predicted octanol–water partition coefficient (Wildman–Crippen LogP) is 1.17. The molecule has 2 unspecified atom stereocenters. The standard InChI is InChI=1S/C14H31N3O2S/c1-4-8-15-12-14(3)20(18,19)16-11-13(2)17-9-6-5-7-10-17/h13-16H,4-12H2,1-3H3. The van der Waals surface area contributed by atoms with Crippen LogP contribution in [-0.4, -0.2) is 57.3 Å². The molecule has 0 amide bonds. The van der Waals surface area contributed by atoms with E-state index < -0.39 is 10.0 Å². The number of rotatable bonds is 9. The molecule has 1 heterocycles. The fourth-order valence-electron chi connectivity index (χ4n) is 2.46. The van der Waals surface area contributed by atoms with Crippen LogP contribution in [0.25, 0.3) is 0 Å². The molecule has 2 N–H and O–H groups in total. The quantitative estimate of drug-likeness (QED) is 0.628. The highest BCUT2D eigenvalue weighted by Gasteiger charge is 2.23. The number of nitrogens with zero attached hydrogens (tertiary/aromatic N) is 1. The van der Waals surface area contributed by atoms with Crippen molar-refractivity contribution >= 4 is 10.0 Å². The molecule has 1 fully saturated rings. The van der Waals surface area contributed by atoms with Crippen molar-refractivity contribution in [2.24, 2.45) is 0 Å². The summed E-state index contributed by atoms with van der Waals surface area (Å²) in [5.41, 5.74) is 0. The zero-order valence-electron chi connectivity index (χ0n) is 13.2. The fourth-order valence-corrected chi connectivity index (χ4v) is 3.55. The van der Waals surface area contributed by atoms with E-state index in [4.69, 9.17) is 0 Å². The summed E-state index contributed by atoms with van der Waals surface area (Å²) in [7, 11) is -3.21. The summed E-state index contributed by atoms with van der Waals surface area (Å²) in [5.74, 6) is 0. The van der Waals surface area contributed by atoms with Crippen LogP contribution in [0.4, 0.5) is 0 Å². The van der Waals surface area contributed by atoms with E-state index in [1.54, 1.807) is 6.92 Å². The Kier molecular flexibility index (Phi) is 8.02. The molecule has 0 saturated carbocycles. The third-order valence-electron chi connectivity index (χ3n) is 3.98. The van der Waals surface area contributed by atoms with Gasteiger partial charge in [-0.15, -0.1) is 0 Å². The summed E-state index contributed by atoms with van der Waals surface area (Å²) >= 11 is 0. The molecule has 1 saturated heterocycles. The predicted molar refractivity (Wildman–Crippen MR) is 84.4 cm³/mol. The topological polar surface area (TPSA) is 61.4 Å². The van der Waals surface area contributed by atoms with Gasteiger partial charge in [0, 0.05) is 19.1 Å². The molecule has 120 valence electrons. The lowest BCUT2D eigenvalue weighted by Gasteiger charge is -2.32. The Bertz CT molecular complexity index is 353. The summed E-state index contributed by atoms with van der Waals surface area (Å²) in [5, 5.41) is 2.78. The van der Waals surface area contributed by atoms with Crippen molar-refractivity contribution in [2.75, 3.05) is 32.7 Å². The van der Waals surface area contributed by atoms with Crippen LogP contribution in [0.2, 0.25) is 0 Å². The van der Waals surface area contributed by atoms with Gasteiger partial charge in [-0.1, -0.05) is 13.3 Å². The van der Waals surface area contributed by atoms with Gasteiger partial charge in [0.1, 0.15) is 0 Å². The molecular formula is C14H31N3O2S. The van der Waals surface area contributed by atoms with E-state index in [1.165, 1.54) is 19.3 Å². The highest BCUT2D eigenvalue weighted by atomic mass is 32.2. The maximum atomic E-state index is 12.1. The maximum absolute atomic E-state index is 12.1. The van der Waals surface area contributed by atoms with Gasteiger partial charge >= 0.3 is 0 Å².